The van der Waals surface area contributed by atoms with Crippen molar-refractivity contribution in [1.82, 2.24) is 4.98 Å². The number of fused-ring (bicyclic) bond motifs is 1. The molecule has 0 amide bonds. The van der Waals surface area contributed by atoms with E-state index in [0.717, 1.165) is 16.7 Å². The fourth-order valence-corrected chi connectivity index (χ4v) is 2.15. The highest BCUT2D eigenvalue weighted by molar-refractivity contribution is 5.90. The van der Waals surface area contributed by atoms with Gasteiger partial charge >= 0.3 is 0 Å². The van der Waals surface area contributed by atoms with Crippen LogP contribution in [-0.2, 0) is 0 Å². The fraction of sp³-hybridized carbons (Fsp3) is 0.118. The molecule has 94 valence electrons. The molecule has 0 unspecified atom stereocenters. The van der Waals surface area contributed by atoms with E-state index >= 15 is 0 Å². The van der Waals surface area contributed by atoms with Crippen LogP contribution in [0.3, 0.4) is 0 Å². The van der Waals surface area contributed by atoms with Crippen LogP contribution in [0.4, 0.5) is 0 Å². The lowest BCUT2D eigenvalue weighted by molar-refractivity contribution is 0.469. The molecule has 1 heterocycles. The predicted octanol–water partition coefficient (Wildman–Crippen LogP) is 4.64. The zero-order valence-electron chi connectivity index (χ0n) is 11.1. The van der Waals surface area contributed by atoms with Crippen LogP contribution in [0, 0.1) is 13.8 Å². The molecule has 0 N–H and O–H groups in total. The first kappa shape index (κ1) is 11.7. The van der Waals surface area contributed by atoms with Gasteiger partial charge in [0.1, 0.15) is 5.75 Å². The molecule has 0 spiro atoms. The third kappa shape index (κ3) is 2.29. The van der Waals surface area contributed by atoms with Gasteiger partial charge in [0, 0.05) is 11.6 Å². The Morgan fingerprint density at radius 3 is 2.47 bits per heavy atom. The average Bonchev–Trinajstić information content (AvgIpc) is 2.43. The first-order valence-electron chi connectivity index (χ1n) is 6.33. The Bertz CT molecular complexity index is 720. The zero-order chi connectivity index (χ0) is 13.2. The molecule has 0 bridgehead atoms. The minimum atomic E-state index is 0.663. The number of benzene rings is 2. The second-order valence-corrected chi connectivity index (χ2v) is 4.71. The number of rotatable bonds is 2. The number of hydrogen-bond donors (Lipinski definition) is 0. The Morgan fingerprint density at radius 2 is 1.68 bits per heavy atom. The fourth-order valence-electron chi connectivity index (χ4n) is 2.15. The standard InChI is InChI=1S/C17H15NO/c1-12-8-9-15-13(2)11-18-17(16(15)10-12)19-14-6-4-3-5-7-14/h3-11H,1-2H3. The van der Waals surface area contributed by atoms with Gasteiger partial charge in [-0.3, -0.25) is 0 Å². The number of nitrogens with zero attached hydrogens (tertiary/aromatic N) is 1. The summed E-state index contributed by atoms with van der Waals surface area (Å²) in [5, 5.41) is 2.25. The van der Waals surface area contributed by atoms with Crippen LogP contribution in [0.25, 0.3) is 10.8 Å². The van der Waals surface area contributed by atoms with Gasteiger partial charge in [-0.2, -0.15) is 0 Å². The molecule has 0 aliphatic heterocycles. The molecule has 0 fully saturated rings. The van der Waals surface area contributed by atoms with Gasteiger partial charge in [0.2, 0.25) is 5.88 Å². The Kier molecular flexibility index (Phi) is 2.92. The largest absolute Gasteiger partial charge is 0.438 e. The molecule has 2 nitrogen and oxygen atoms in total. The minimum Gasteiger partial charge on any atom is -0.438 e. The molecule has 19 heavy (non-hydrogen) atoms. The van der Waals surface area contributed by atoms with E-state index in [0.29, 0.717) is 5.88 Å². The summed E-state index contributed by atoms with van der Waals surface area (Å²) in [6.07, 6.45) is 1.86. The van der Waals surface area contributed by atoms with E-state index in [4.69, 9.17) is 4.74 Å². The molecule has 0 aliphatic carbocycles. The van der Waals surface area contributed by atoms with Crippen LogP contribution in [-0.4, -0.2) is 4.98 Å². The van der Waals surface area contributed by atoms with Gasteiger partial charge in [-0.25, -0.2) is 4.98 Å². The van der Waals surface area contributed by atoms with E-state index < -0.39 is 0 Å². The highest BCUT2D eigenvalue weighted by Crippen LogP contribution is 2.30. The number of para-hydroxylation sites is 1. The predicted molar refractivity (Wildman–Crippen MR) is 77.7 cm³/mol. The topological polar surface area (TPSA) is 22.1 Å². The molecule has 0 aliphatic rings. The van der Waals surface area contributed by atoms with Crippen molar-refractivity contribution >= 4 is 10.8 Å². The third-order valence-electron chi connectivity index (χ3n) is 3.16. The van der Waals surface area contributed by atoms with Crippen LogP contribution in [0.5, 0.6) is 11.6 Å². The molecule has 0 atom stereocenters. The van der Waals surface area contributed by atoms with Crippen LogP contribution in [0.2, 0.25) is 0 Å². The maximum absolute atomic E-state index is 5.89. The van der Waals surface area contributed by atoms with Gasteiger partial charge in [-0.1, -0.05) is 35.9 Å². The molecule has 0 radical (unpaired) electrons. The number of pyridine rings is 1. The van der Waals surface area contributed by atoms with Crippen molar-refractivity contribution in [3.8, 4) is 11.6 Å². The summed E-state index contributed by atoms with van der Waals surface area (Å²) >= 11 is 0. The first-order chi connectivity index (χ1) is 9.24. The maximum atomic E-state index is 5.89. The molecular formula is C17H15NO. The molecule has 0 saturated carbocycles. The lowest BCUT2D eigenvalue weighted by Gasteiger charge is -2.10. The molecule has 0 saturated heterocycles. The number of aryl methyl sites for hydroxylation is 2. The highest BCUT2D eigenvalue weighted by atomic mass is 16.5. The molecule has 3 rings (SSSR count). The second-order valence-electron chi connectivity index (χ2n) is 4.71. The smallest absolute Gasteiger partial charge is 0.227 e. The van der Waals surface area contributed by atoms with Crippen molar-refractivity contribution in [2.75, 3.05) is 0 Å². The molecule has 3 aromatic rings. The lowest BCUT2D eigenvalue weighted by Crippen LogP contribution is -1.91. The van der Waals surface area contributed by atoms with E-state index in [9.17, 15) is 0 Å². The van der Waals surface area contributed by atoms with Gasteiger partial charge in [-0.05, 0) is 43.0 Å². The average molecular weight is 249 g/mol. The van der Waals surface area contributed by atoms with E-state index in [-0.39, 0.29) is 0 Å². The van der Waals surface area contributed by atoms with Gasteiger partial charge in [-0.15, -0.1) is 0 Å². The van der Waals surface area contributed by atoms with Gasteiger partial charge in [0.05, 0.1) is 0 Å². The van der Waals surface area contributed by atoms with Gasteiger partial charge in [0.15, 0.2) is 0 Å². The van der Waals surface area contributed by atoms with Crippen molar-refractivity contribution in [3.05, 3.63) is 65.9 Å². The highest BCUT2D eigenvalue weighted by Gasteiger charge is 2.07. The number of aromatic nitrogens is 1. The Balaban J connectivity index is 2.13. The Hall–Kier alpha value is -2.35. The summed E-state index contributed by atoms with van der Waals surface area (Å²) in [6.45, 7) is 4.14. The minimum absolute atomic E-state index is 0.663. The third-order valence-corrected chi connectivity index (χ3v) is 3.16. The molecular weight excluding hydrogens is 234 g/mol. The Labute approximate surface area is 112 Å². The van der Waals surface area contributed by atoms with E-state index in [1.54, 1.807) is 0 Å². The second kappa shape index (κ2) is 4.73. The van der Waals surface area contributed by atoms with Gasteiger partial charge in [0.25, 0.3) is 0 Å². The molecule has 2 aromatic carbocycles. The van der Waals surface area contributed by atoms with E-state index in [1.807, 2.05) is 36.5 Å². The summed E-state index contributed by atoms with van der Waals surface area (Å²) < 4.78 is 5.89. The summed E-state index contributed by atoms with van der Waals surface area (Å²) in [7, 11) is 0. The SMILES string of the molecule is Cc1ccc2c(C)cnc(Oc3ccccc3)c2c1. The van der Waals surface area contributed by atoms with E-state index in [2.05, 4.69) is 37.0 Å². The summed E-state index contributed by atoms with van der Waals surface area (Å²) in [4.78, 5) is 4.42. The first-order valence-corrected chi connectivity index (χ1v) is 6.33. The Morgan fingerprint density at radius 1 is 0.895 bits per heavy atom. The quantitative estimate of drug-likeness (QED) is 0.659. The van der Waals surface area contributed by atoms with Crippen molar-refractivity contribution < 1.29 is 4.74 Å². The van der Waals surface area contributed by atoms with Crippen molar-refractivity contribution in [2.24, 2.45) is 0 Å². The molecule has 2 heteroatoms. The number of ether oxygens (including phenoxy) is 1. The van der Waals surface area contributed by atoms with Crippen LogP contribution in [0.15, 0.2) is 54.7 Å². The van der Waals surface area contributed by atoms with Crippen LogP contribution < -0.4 is 4.74 Å². The van der Waals surface area contributed by atoms with Gasteiger partial charge < -0.3 is 4.74 Å². The molecule has 1 aromatic heterocycles. The van der Waals surface area contributed by atoms with Crippen LogP contribution >= 0.6 is 0 Å². The van der Waals surface area contributed by atoms with E-state index in [1.165, 1.54) is 10.9 Å². The zero-order valence-corrected chi connectivity index (χ0v) is 11.1. The lowest BCUT2D eigenvalue weighted by atomic mass is 10.1. The summed E-state index contributed by atoms with van der Waals surface area (Å²) in [5.74, 6) is 1.47. The van der Waals surface area contributed by atoms with Crippen molar-refractivity contribution in [3.63, 3.8) is 0 Å². The normalized spacial score (nSPS) is 10.6. The van der Waals surface area contributed by atoms with Crippen molar-refractivity contribution in [1.29, 1.82) is 0 Å². The maximum Gasteiger partial charge on any atom is 0.227 e. The summed E-state index contributed by atoms with van der Waals surface area (Å²) in [5.41, 5.74) is 2.37. The van der Waals surface area contributed by atoms with Crippen LogP contribution in [0.1, 0.15) is 11.1 Å². The monoisotopic (exact) mass is 249 g/mol. The number of hydrogen-bond acceptors (Lipinski definition) is 2. The van der Waals surface area contributed by atoms with Crippen molar-refractivity contribution in [2.45, 2.75) is 13.8 Å². The summed E-state index contributed by atoms with van der Waals surface area (Å²) in [6, 6.07) is 16.1.